The number of halogens is 4. The number of carbonyl (C=O) groups excluding carboxylic acids is 1. The van der Waals surface area contributed by atoms with Crippen LogP contribution in [0.25, 0.3) is 0 Å². The molecule has 3 nitrogen and oxygen atoms in total. The van der Waals surface area contributed by atoms with Gasteiger partial charge in [-0.1, -0.05) is 0 Å². The van der Waals surface area contributed by atoms with Gasteiger partial charge in [0.2, 0.25) is 0 Å². The van der Waals surface area contributed by atoms with Gasteiger partial charge >= 0.3 is 12.3 Å². The average Bonchev–Trinajstić information content (AvgIpc) is 2.45. The van der Waals surface area contributed by atoms with Gasteiger partial charge in [-0.3, -0.25) is 0 Å². The summed E-state index contributed by atoms with van der Waals surface area (Å²) < 4.78 is 56.0. The molecule has 2 rings (SSSR count). The molecule has 21 heavy (non-hydrogen) atoms. The van der Waals surface area contributed by atoms with Crippen LogP contribution in [0.15, 0.2) is 18.2 Å². The van der Waals surface area contributed by atoms with Crippen molar-refractivity contribution < 1.29 is 27.1 Å². The van der Waals surface area contributed by atoms with Crippen LogP contribution in [0.4, 0.5) is 22.4 Å². The Labute approximate surface area is 119 Å². The predicted molar refractivity (Wildman–Crippen MR) is 67.0 cm³/mol. The second kappa shape index (κ2) is 6.32. The Kier molecular flexibility index (Phi) is 4.69. The molecule has 1 aliphatic heterocycles. The highest BCUT2D eigenvalue weighted by Crippen LogP contribution is 2.30. The molecule has 0 bridgehead atoms. The molecule has 1 aromatic carbocycles. The van der Waals surface area contributed by atoms with Crippen LogP contribution in [0.2, 0.25) is 0 Å². The third-order valence-electron chi connectivity index (χ3n) is 3.34. The molecule has 0 atom stereocenters. The predicted octanol–water partition coefficient (Wildman–Crippen LogP) is 3.97. The Balaban J connectivity index is 2.00. The molecule has 0 aliphatic carbocycles. The van der Waals surface area contributed by atoms with Crippen molar-refractivity contribution in [3.63, 3.8) is 0 Å². The molecular weight excluding hydrogens is 290 g/mol. The minimum Gasteiger partial charge on any atom is -0.444 e. The summed E-state index contributed by atoms with van der Waals surface area (Å²) in [6.07, 6.45) is -2.41. The second-order valence-electron chi connectivity index (χ2n) is 4.91. The molecule has 0 radical (unpaired) electrons. The van der Waals surface area contributed by atoms with Gasteiger partial charge in [0, 0.05) is 18.7 Å². The number of benzene rings is 1. The van der Waals surface area contributed by atoms with Crippen LogP contribution in [0.1, 0.15) is 30.4 Å². The van der Waals surface area contributed by atoms with Gasteiger partial charge in [0.15, 0.2) is 0 Å². The molecule has 1 aliphatic rings. The molecule has 0 N–H and O–H groups in total. The molecule has 0 unspecified atom stereocenters. The Bertz CT molecular complexity index is 510. The normalized spacial score (nSPS) is 15.9. The molecule has 116 valence electrons. The third kappa shape index (κ3) is 4.09. The van der Waals surface area contributed by atoms with Gasteiger partial charge in [0.25, 0.3) is 0 Å². The van der Waals surface area contributed by atoms with E-state index in [1.807, 2.05) is 0 Å². The van der Waals surface area contributed by atoms with Crippen LogP contribution in [0, 0.1) is 5.82 Å². The number of rotatable bonds is 2. The van der Waals surface area contributed by atoms with Crippen molar-refractivity contribution >= 4 is 6.09 Å². The molecule has 1 fully saturated rings. The van der Waals surface area contributed by atoms with E-state index in [-0.39, 0.29) is 5.56 Å². The van der Waals surface area contributed by atoms with Crippen LogP contribution in [-0.4, -0.2) is 24.1 Å². The minimum atomic E-state index is -4.56. The van der Waals surface area contributed by atoms with E-state index in [1.165, 1.54) is 4.90 Å². The quantitative estimate of drug-likeness (QED) is 0.774. The second-order valence-corrected chi connectivity index (χ2v) is 4.91. The van der Waals surface area contributed by atoms with Gasteiger partial charge in [-0.05, 0) is 37.5 Å². The summed E-state index contributed by atoms with van der Waals surface area (Å²) in [6, 6.07) is 2.05. The summed E-state index contributed by atoms with van der Waals surface area (Å²) in [5.41, 5.74) is -1.25. The van der Waals surface area contributed by atoms with Gasteiger partial charge in [0.1, 0.15) is 12.4 Å². The van der Waals surface area contributed by atoms with E-state index in [0.29, 0.717) is 25.2 Å². The van der Waals surface area contributed by atoms with E-state index in [2.05, 4.69) is 0 Å². The lowest BCUT2D eigenvalue weighted by Crippen LogP contribution is -2.36. The molecule has 1 saturated heterocycles. The standard InChI is InChI=1S/C14H15F4NO2/c15-12-5-4-11(14(16,17)18)8-10(12)9-21-13(20)19-6-2-1-3-7-19/h4-5,8H,1-3,6-7,9H2. The van der Waals surface area contributed by atoms with Gasteiger partial charge in [-0.15, -0.1) is 0 Å². The fourth-order valence-electron chi connectivity index (χ4n) is 2.17. The number of amides is 1. The largest absolute Gasteiger partial charge is 0.444 e. The SMILES string of the molecule is O=C(OCc1cc(C(F)(F)F)ccc1F)N1CCCCC1. The highest BCUT2D eigenvalue weighted by atomic mass is 19.4. The first-order valence-corrected chi connectivity index (χ1v) is 6.65. The highest BCUT2D eigenvalue weighted by molar-refractivity contribution is 5.67. The number of nitrogens with zero attached hydrogens (tertiary/aromatic N) is 1. The lowest BCUT2D eigenvalue weighted by Gasteiger charge is -2.25. The van der Waals surface area contributed by atoms with Crippen LogP contribution in [0.3, 0.4) is 0 Å². The molecule has 0 aromatic heterocycles. The number of hydrogen-bond donors (Lipinski definition) is 0. The lowest BCUT2D eigenvalue weighted by atomic mass is 10.1. The molecular formula is C14H15F4NO2. The maximum absolute atomic E-state index is 13.5. The first kappa shape index (κ1) is 15.6. The summed E-state index contributed by atoms with van der Waals surface area (Å²) in [6.45, 7) is 0.610. The molecule has 1 heterocycles. The first-order valence-electron chi connectivity index (χ1n) is 6.65. The maximum Gasteiger partial charge on any atom is 0.416 e. The Morgan fingerprint density at radius 1 is 1.19 bits per heavy atom. The van der Waals surface area contributed by atoms with E-state index < -0.39 is 30.3 Å². The summed E-state index contributed by atoms with van der Waals surface area (Å²) in [5.74, 6) is -0.825. The molecule has 0 saturated carbocycles. The number of ether oxygens (including phenoxy) is 1. The van der Waals surface area contributed by atoms with Crippen LogP contribution < -0.4 is 0 Å². The first-order chi connectivity index (χ1) is 9.88. The molecule has 0 spiro atoms. The van der Waals surface area contributed by atoms with Crippen molar-refractivity contribution in [2.24, 2.45) is 0 Å². The van der Waals surface area contributed by atoms with Gasteiger partial charge in [-0.2, -0.15) is 13.2 Å². The van der Waals surface area contributed by atoms with Crippen molar-refractivity contribution in [3.05, 3.63) is 35.1 Å². The van der Waals surface area contributed by atoms with E-state index >= 15 is 0 Å². The van der Waals surface area contributed by atoms with Crippen LogP contribution >= 0.6 is 0 Å². The van der Waals surface area contributed by atoms with Crippen molar-refractivity contribution in [1.29, 1.82) is 0 Å². The highest BCUT2D eigenvalue weighted by Gasteiger charge is 2.31. The summed E-state index contributed by atoms with van der Waals surface area (Å²) in [5, 5.41) is 0. The fraction of sp³-hybridized carbons (Fsp3) is 0.500. The Hall–Kier alpha value is -1.79. The average molecular weight is 305 g/mol. The zero-order valence-electron chi connectivity index (χ0n) is 11.3. The topological polar surface area (TPSA) is 29.5 Å². The number of carbonyl (C=O) groups is 1. The number of hydrogen-bond acceptors (Lipinski definition) is 2. The lowest BCUT2D eigenvalue weighted by molar-refractivity contribution is -0.137. The van der Waals surface area contributed by atoms with Gasteiger partial charge < -0.3 is 9.64 Å². The monoisotopic (exact) mass is 305 g/mol. The van der Waals surface area contributed by atoms with E-state index in [0.717, 1.165) is 25.3 Å². The van der Waals surface area contributed by atoms with Crippen molar-refractivity contribution in [2.75, 3.05) is 13.1 Å². The number of piperidine rings is 1. The van der Waals surface area contributed by atoms with Gasteiger partial charge in [0.05, 0.1) is 5.56 Å². The van der Waals surface area contributed by atoms with Crippen molar-refractivity contribution in [3.8, 4) is 0 Å². The van der Waals surface area contributed by atoms with E-state index in [9.17, 15) is 22.4 Å². The summed E-state index contributed by atoms with van der Waals surface area (Å²) >= 11 is 0. The maximum atomic E-state index is 13.5. The smallest absolute Gasteiger partial charge is 0.416 e. The third-order valence-corrected chi connectivity index (χ3v) is 3.34. The zero-order chi connectivity index (χ0) is 15.5. The van der Waals surface area contributed by atoms with Crippen molar-refractivity contribution in [2.45, 2.75) is 32.0 Å². The number of alkyl halides is 3. The Morgan fingerprint density at radius 3 is 2.48 bits per heavy atom. The van der Waals surface area contributed by atoms with Crippen LogP contribution in [0.5, 0.6) is 0 Å². The summed E-state index contributed by atoms with van der Waals surface area (Å²) in [4.78, 5) is 13.2. The molecule has 1 amide bonds. The Morgan fingerprint density at radius 2 is 1.86 bits per heavy atom. The molecule has 7 heteroatoms. The van der Waals surface area contributed by atoms with Crippen LogP contribution in [-0.2, 0) is 17.5 Å². The molecule has 1 aromatic rings. The van der Waals surface area contributed by atoms with E-state index in [1.54, 1.807) is 0 Å². The van der Waals surface area contributed by atoms with Gasteiger partial charge in [-0.25, -0.2) is 9.18 Å². The van der Waals surface area contributed by atoms with E-state index in [4.69, 9.17) is 4.74 Å². The minimum absolute atomic E-state index is 0.282. The number of likely N-dealkylation sites (tertiary alicyclic amines) is 1. The fourth-order valence-corrected chi connectivity index (χ4v) is 2.17. The summed E-state index contributed by atoms with van der Waals surface area (Å²) in [7, 11) is 0. The zero-order valence-corrected chi connectivity index (χ0v) is 11.3. The van der Waals surface area contributed by atoms with Crippen molar-refractivity contribution in [1.82, 2.24) is 4.90 Å².